The Morgan fingerprint density at radius 2 is 1.82 bits per heavy atom. The molecule has 0 fully saturated rings. The first-order valence-corrected chi connectivity index (χ1v) is 14.4. The van der Waals surface area contributed by atoms with E-state index in [1.165, 1.54) is 20.4 Å². The molecular formula is C26H24Cl2FN3O4S2. The lowest BCUT2D eigenvalue weighted by Crippen LogP contribution is -2.31. The van der Waals surface area contributed by atoms with Crippen molar-refractivity contribution >= 4 is 55.4 Å². The zero-order chi connectivity index (χ0) is 27.4. The van der Waals surface area contributed by atoms with Crippen LogP contribution in [0.5, 0.6) is 11.5 Å². The molecule has 0 aliphatic carbocycles. The Morgan fingerprint density at radius 1 is 1.08 bits per heavy atom. The number of halogens is 3. The van der Waals surface area contributed by atoms with E-state index in [4.69, 9.17) is 32.7 Å². The number of nitrogens with zero attached hydrogens (tertiary/aromatic N) is 2. The van der Waals surface area contributed by atoms with E-state index in [9.17, 15) is 8.42 Å². The van der Waals surface area contributed by atoms with E-state index < -0.39 is 20.7 Å². The van der Waals surface area contributed by atoms with Crippen molar-refractivity contribution in [2.45, 2.75) is 24.4 Å². The van der Waals surface area contributed by atoms with Crippen molar-refractivity contribution in [3.8, 4) is 11.5 Å². The van der Waals surface area contributed by atoms with Crippen LogP contribution >= 0.6 is 34.5 Å². The first kappa shape index (κ1) is 28.0. The van der Waals surface area contributed by atoms with Gasteiger partial charge in [-0.3, -0.25) is 0 Å². The molecule has 0 saturated carbocycles. The highest BCUT2D eigenvalue weighted by atomic mass is 35.5. The van der Waals surface area contributed by atoms with Crippen molar-refractivity contribution in [2.24, 2.45) is 0 Å². The number of anilines is 2. The van der Waals surface area contributed by atoms with Crippen molar-refractivity contribution in [3.05, 3.63) is 93.2 Å². The summed E-state index contributed by atoms with van der Waals surface area (Å²) >= 11 is 13.5. The molecule has 3 aromatic carbocycles. The molecule has 38 heavy (non-hydrogen) atoms. The molecule has 1 aromatic heterocycles. The van der Waals surface area contributed by atoms with Crippen molar-refractivity contribution in [2.75, 3.05) is 23.8 Å². The van der Waals surface area contributed by atoms with E-state index in [0.29, 0.717) is 22.1 Å². The summed E-state index contributed by atoms with van der Waals surface area (Å²) in [6.07, 6.45) is 1.47. The fourth-order valence-corrected chi connectivity index (χ4v) is 6.51. The average molecular weight is 597 g/mol. The number of hydrogen-bond donors (Lipinski definition) is 1. The highest BCUT2D eigenvalue weighted by Gasteiger charge is 2.32. The summed E-state index contributed by atoms with van der Waals surface area (Å²) in [5.74, 6) is 0.00167. The van der Waals surface area contributed by atoms with Gasteiger partial charge in [0, 0.05) is 34.3 Å². The molecule has 0 spiro atoms. The number of thiazole rings is 1. The molecule has 1 atom stereocenters. The molecule has 0 aliphatic rings. The van der Waals surface area contributed by atoms with Crippen LogP contribution in [0.3, 0.4) is 0 Å². The normalized spacial score (nSPS) is 12.2. The molecule has 1 unspecified atom stereocenters. The third-order valence-corrected chi connectivity index (χ3v) is 9.00. The van der Waals surface area contributed by atoms with E-state index in [2.05, 4.69) is 10.3 Å². The minimum Gasteiger partial charge on any atom is -0.497 e. The van der Waals surface area contributed by atoms with Crippen LogP contribution in [0.25, 0.3) is 0 Å². The zero-order valence-electron chi connectivity index (χ0n) is 20.6. The van der Waals surface area contributed by atoms with Crippen LogP contribution in [0.2, 0.25) is 10.0 Å². The Hall–Kier alpha value is -3.05. The summed E-state index contributed by atoms with van der Waals surface area (Å²) in [5, 5.41) is 5.57. The smallest absolute Gasteiger partial charge is 0.269 e. The molecule has 0 amide bonds. The lowest BCUT2D eigenvalue weighted by Gasteiger charge is -2.24. The van der Waals surface area contributed by atoms with Crippen LogP contribution in [-0.2, 0) is 16.6 Å². The first-order chi connectivity index (χ1) is 18.1. The molecule has 0 saturated heterocycles. The third kappa shape index (κ3) is 5.99. The largest absolute Gasteiger partial charge is 0.497 e. The van der Waals surface area contributed by atoms with Crippen LogP contribution in [0.15, 0.2) is 71.1 Å². The van der Waals surface area contributed by atoms with Gasteiger partial charge in [-0.2, -0.15) is 0 Å². The quantitative estimate of drug-likeness (QED) is 0.209. The second kappa shape index (κ2) is 11.8. The van der Waals surface area contributed by atoms with E-state index in [1.54, 1.807) is 35.7 Å². The van der Waals surface area contributed by atoms with Crippen molar-refractivity contribution in [1.82, 2.24) is 4.98 Å². The Morgan fingerprint density at radius 3 is 2.45 bits per heavy atom. The van der Waals surface area contributed by atoms with Crippen molar-refractivity contribution in [1.29, 1.82) is 0 Å². The van der Waals surface area contributed by atoms with E-state index in [-0.39, 0.29) is 28.4 Å². The van der Waals surface area contributed by atoms with Gasteiger partial charge < -0.3 is 14.8 Å². The Labute approximate surface area is 234 Å². The van der Waals surface area contributed by atoms with E-state index in [1.807, 2.05) is 19.1 Å². The number of aromatic nitrogens is 1. The maximum absolute atomic E-state index is 15.4. The molecule has 0 radical (unpaired) electrons. The summed E-state index contributed by atoms with van der Waals surface area (Å²) in [6.45, 7) is 1.71. The predicted molar refractivity (Wildman–Crippen MR) is 150 cm³/mol. The minimum atomic E-state index is -4.43. The molecule has 1 heterocycles. The van der Waals surface area contributed by atoms with Crippen LogP contribution in [0.4, 0.5) is 15.2 Å². The van der Waals surface area contributed by atoms with Crippen molar-refractivity contribution < 1.29 is 22.3 Å². The van der Waals surface area contributed by atoms with Crippen LogP contribution in [0, 0.1) is 5.82 Å². The topological polar surface area (TPSA) is 80.8 Å². The van der Waals surface area contributed by atoms with Gasteiger partial charge in [0.1, 0.15) is 22.2 Å². The zero-order valence-corrected chi connectivity index (χ0v) is 23.8. The molecule has 12 heteroatoms. The van der Waals surface area contributed by atoms with Gasteiger partial charge in [-0.15, -0.1) is 11.3 Å². The van der Waals surface area contributed by atoms with Gasteiger partial charge in [0.15, 0.2) is 5.13 Å². The lowest BCUT2D eigenvalue weighted by atomic mass is 10.1. The van der Waals surface area contributed by atoms with Crippen LogP contribution in [-0.4, -0.2) is 27.6 Å². The molecule has 0 aliphatic heterocycles. The monoisotopic (exact) mass is 595 g/mol. The van der Waals surface area contributed by atoms with Gasteiger partial charge in [-0.1, -0.05) is 35.3 Å². The molecule has 1 N–H and O–H groups in total. The predicted octanol–water partition coefficient (Wildman–Crippen LogP) is 7.17. The second-order valence-electron chi connectivity index (χ2n) is 8.18. The molecule has 0 bridgehead atoms. The van der Waals surface area contributed by atoms with Crippen LogP contribution in [0.1, 0.15) is 24.1 Å². The molecule has 200 valence electrons. The third-order valence-electron chi connectivity index (χ3n) is 5.77. The van der Waals surface area contributed by atoms with Gasteiger partial charge >= 0.3 is 0 Å². The number of sulfonamides is 1. The Kier molecular flexibility index (Phi) is 8.67. The first-order valence-electron chi connectivity index (χ1n) is 11.3. The highest BCUT2D eigenvalue weighted by Crippen LogP contribution is 2.36. The fraction of sp³-hybridized carbons (Fsp3) is 0.192. The van der Waals surface area contributed by atoms with E-state index >= 15 is 4.39 Å². The molecule has 4 aromatic rings. The maximum atomic E-state index is 15.4. The summed E-state index contributed by atoms with van der Waals surface area (Å²) in [6, 6.07) is 14.1. The Bertz CT molecular complexity index is 1520. The molecular weight excluding hydrogens is 572 g/mol. The standard InChI is InChI=1S/C26H24Cl2FN3O4S2/c1-16(17-4-7-19(27)8-5-17)31-23-14-22(29)25(13-21(23)28)38(33,34)32(26-30-10-11-37-26)15-18-6-9-20(35-2)12-24(18)36-3/h4-14,16,31H,15H2,1-3H3. The number of nitrogens with one attached hydrogen (secondary N) is 1. The molecule has 4 rings (SSSR count). The van der Waals surface area contributed by atoms with Gasteiger partial charge in [-0.25, -0.2) is 22.1 Å². The fourth-order valence-electron chi connectivity index (χ4n) is 3.76. The number of ether oxygens (including phenoxy) is 2. The molecule has 7 nitrogen and oxygen atoms in total. The van der Waals surface area contributed by atoms with Crippen molar-refractivity contribution in [3.63, 3.8) is 0 Å². The second-order valence-corrected chi connectivity index (χ2v) is 11.7. The summed E-state index contributed by atoms with van der Waals surface area (Å²) in [4.78, 5) is 3.59. The summed E-state index contributed by atoms with van der Waals surface area (Å²) in [7, 11) is -1.44. The van der Waals surface area contributed by atoms with Crippen LogP contribution < -0.4 is 19.1 Å². The number of hydrogen-bond acceptors (Lipinski definition) is 7. The lowest BCUT2D eigenvalue weighted by molar-refractivity contribution is 0.391. The van der Waals surface area contributed by atoms with Gasteiger partial charge in [0.05, 0.1) is 31.5 Å². The summed E-state index contributed by atoms with van der Waals surface area (Å²) < 4.78 is 54.8. The SMILES string of the molecule is COc1ccc(CN(c2nccs2)S(=O)(=O)c2cc(Cl)c(NC(C)c3ccc(Cl)cc3)cc2F)c(OC)c1. The number of methoxy groups -OCH3 is 2. The number of benzene rings is 3. The minimum absolute atomic E-state index is 0.0481. The van der Waals surface area contributed by atoms with Gasteiger partial charge in [0.25, 0.3) is 10.0 Å². The summed E-state index contributed by atoms with van der Waals surface area (Å²) in [5.41, 5.74) is 1.68. The maximum Gasteiger partial charge on any atom is 0.269 e. The Balaban J connectivity index is 1.69. The average Bonchev–Trinajstić information content (AvgIpc) is 3.43. The van der Waals surface area contributed by atoms with Gasteiger partial charge in [-0.05, 0) is 48.9 Å². The van der Waals surface area contributed by atoms with Gasteiger partial charge in [0.2, 0.25) is 0 Å². The van der Waals surface area contributed by atoms with E-state index in [0.717, 1.165) is 33.3 Å². The highest BCUT2D eigenvalue weighted by molar-refractivity contribution is 7.93. The number of rotatable bonds is 10.